The predicted molar refractivity (Wildman–Crippen MR) is 175 cm³/mol. The van der Waals surface area contributed by atoms with Crippen molar-refractivity contribution in [2.45, 2.75) is 58.3 Å². The fourth-order valence-corrected chi connectivity index (χ4v) is 4.88. The number of amides is 4. The van der Waals surface area contributed by atoms with Crippen LogP contribution in [0.5, 0.6) is 0 Å². The molecule has 0 aliphatic carbocycles. The Bertz CT molecular complexity index is 1650. The number of anilines is 1. The van der Waals surface area contributed by atoms with E-state index in [1.165, 1.54) is 6.92 Å². The summed E-state index contributed by atoms with van der Waals surface area (Å²) in [6.45, 7) is 5.24. The van der Waals surface area contributed by atoms with Gasteiger partial charge in [-0.2, -0.15) is 0 Å². The second-order valence-electron chi connectivity index (χ2n) is 11.4. The minimum atomic E-state index is -1.14. The molecule has 0 aliphatic rings. The van der Waals surface area contributed by atoms with Gasteiger partial charge in [0.05, 0.1) is 6.04 Å². The first-order valence-corrected chi connectivity index (χ1v) is 15.1. The van der Waals surface area contributed by atoms with Crippen LogP contribution in [0.15, 0.2) is 91.1 Å². The van der Waals surface area contributed by atoms with Gasteiger partial charge < -0.3 is 31.0 Å². The van der Waals surface area contributed by atoms with E-state index in [1.54, 1.807) is 48.7 Å². The maximum atomic E-state index is 13.8. The standard InChI is InChI=1S/C35H39N5O6/c1-22(2)18-29(31(41)34(44)38-26-14-8-5-9-15-26)39-33(43)30(19-25-20-36-28-17-11-10-16-27(25)28)40-32(42)23(3)37-35(45)46-21-24-12-6-4-7-13-24/h4-17,20,22-23,29-30,36H,18-19,21H2,1-3H3,(H,37,45)(H,38,44)(H,39,43)(H,40,42)/t23-,29-,30-/m0/s1. The molecule has 3 aromatic carbocycles. The zero-order valence-electron chi connectivity index (χ0n) is 26.0. The number of aromatic amines is 1. The Morgan fingerprint density at radius 2 is 1.37 bits per heavy atom. The number of alkyl carbamates (subject to hydrolysis) is 1. The molecule has 5 N–H and O–H groups in total. The predicted octanol–water partition coefficient (Wildman–Crippen LogP) is 4.25. The highest BCUT2D eigenvalue weighted by atomic mass is 16.5. The van der Waals surface area contributed by atoms with Crippen molar-refractivity contribution in [2.24, 2.45) is 5.92 Å². The van der Waals surface area contributed by atoms with Gasteiger partial charge in [0.15, 0.2) is 0 Å². The normalized spacial score (nSPS) is 12.9. The number of hydrogen-bond donors (Lipinski definition) is 5. The number of carbonyl (C=O) groups excluding carboxylic acids is 5. The number of Topliss-reactive ketones (excluding diaryl/α,β-unsaturated/α-hetero) is 1. The molecule has 0 bridgehead atoms. The minimum Gasteiger partial charge on any atom is -0.445 e. The Labute approximate surface area is 267 Å². The van der Waals surface area contributed by atoms with E-state index in [1.807, 2.05) is 56.3 Å². The Kier molecular flexibility index (Phi) is 11.7. The van der Waals surface area contributed by atoms with Crippen molar-refractivity contribution in [3.63, 3.8) is 0 Å². The monoisotopic (exact) mass is 625 g/mol. The van der Waals surface area contributed by atoms with Crippen LogP contribution in [0.25, 0.3) is 10.9 Å². The average Bonchev–Trinajstić information content (AvgIpc) is 3.46. The molecule has 0 saturated heterocycles. The van der Waals surface area contributed by atoms with Gasteiger partial charge in [0, 0.05) is 29.2 Å². The van der Waals surface area contributed by atoms with Crippen LogP contribution in [-0.4, -0.2) is 52.7 Å². The zero-order valence-corrected chi connectivity index (χ0v) is 26.0. The highest BCUT2D eigenvalue weighted by molar-refractivity contribution is 6.42. The lowest BCUT2D eigenvalue weighted by molar-refractivity contribution is -0.138. The van der Waals surface area contributed by atoms with Crippen LogP contribution in [0.2, 0.25) is 0 Å². The fourth-order valence-electron chi connectivity index (χ4n) is 4.88. The highest BCUT2D eigenvalue weighted by Gasteiger charge is 2.32. The van der Waals surface area contributed by atoms with Gasteiger partial charge in [-0.25, -0.2) is 4.79 Å². The van der Waals surface area contributed by atoms with E-state index in [9.17, 15) is 24.0 Å². The van der Waals surface area contributed by atoms with Crippen molar-refractivity contribution in [1.82, 2.24) is 20.9 Å². The van der Waals surface area contributed by atoms with E-state index in [4.69, 9.17) is 4.74 Å². The Balaban J connectivity index is 1.48. The van der Waals surface area contributed by atoms with Crippen molar-refractivity contribution in [1.29, 1.82) is 0 Å². The van der Waals surface area contributed by atoms with Crippen LogP contribution in [0.3, 0.4) is 0 Å². The second-order valence-corrected chi connectivity index (χ2v) is 11.4. The molecule has 0 radical (unpaired) electrons. The lowest BCUT2D eigenvalue weighted by Gasteiger charge is -2.25. The molecule has 3 atom stereocenters. The second kappa shape index (κ2) is 16.0. The summed E-state index contributed by atoms with van der Waals surface area (Å²) in [6, 6.07) is 21.8. The maximum absolute atomic E-state index is 13.8. The summed E-state index contributed by atoms with van der Waals surface area (Å²) < 4.78 is 5.23. The minimum absolute atomic E-state index is 0.0235. The molecule has 0 saturated carbocycles. The van der Waals surface area contributed by atoms with Gasteiger partial charge in [0.25, 0.3) is 5.91 Å². The lowest BCUT2D eigenvalue weighted by Crippen LogP contribution is -2.56. The Morgan fingerprint density at radius 3 is 2.07 bits per heavy atom. The number of H-pyrrole nitrogens is 1. The average molecular weight is 626 g/mol. The molecule has 0 fully saturated rings. The van der Waals surface area contributed by atoms with Crippen LogP contribution >= 0.6 is 0 Å². The Morgan fingerprint density at radius 1 is 0.739 bits per heavy atom. The molecule has 0 unspecified atom stereocenters. The Hall–Kier alpha value is -5.45. The summed E-state index contributed by atoms with van der Waals surface area (Å²) in [4.78, 5) is 68.8. The number of fused-ring (bicyclic) bond motifs is 1. The van der Waals surface area contributed by atoms with E-state index in [-0.39, 0.29) is 25.4 Å². The number of rotatable bonds is 14. The summed E-state index contributed by atoms with van der Waals surface area (Å²) in [7, 11) is 0. The van der Waals surface area contributed by atoms with Crippen LogP contribution in [0.1, 0.15) is 38.3 Å². The van der Waals surface area contributed by atoms with Gasteiger partial charge in [-0.15, -0.1) is 0 Å². The molecular formula is C35H39N5O6. The molecule has 4 amide bonds. The first kappa shape index (κ1) is 33.4. The molecule has 11 nitrogen and oxygen atoms in total. The molecule has 0 spiro atoms. The van der Waals surface area contributed by atoms with Crippen molar-refractivity contribution in [2.75, 3.05) is 5.32 Å². The number of ketones is 1. The van der Waals surface area contributed by atoms with Crippen LogP contribution in [0, 0.1) is 5.92 Å². The van der Waals surface area contributed by atoms with Crippen LogP contribution in [0.4, 0.5) is 10.5 Å². The van der Waals surface area contributed by atoms with Crippen molar-refractivity contribution < 1.29 is 28.7 Å². The van der Waals surface area contributed by atoms with Gasteiger partial charge in [-0.3, -0.25) is 19.2 Å². The van der Waals surface area contributed by atoms with Crippen molar-refractivity contribution >= 4 is 46.2 Å². The van der Waals surface area contributed by atoms with Gasteiger partial charge in [0.2, 0.25) is 17.6 Å². The first-order chi connectivity index (χ1) is 22.1. The van der Waals surface area contributed by atoms with Crippen molar-refractivity contribution in [3.05, 3.63) is 102 Å². The van der Waals surface area contributed by atoms with E-state index in [0.29, 0.717) is 5.69 Å². The molecule has 1 aromatic heterocycles. The number of ether oxygens (including phenoxy) is 1. The molecule has 46 heavy (non-hydrogen) atoms. The zero-order chi connectivity index (χ0) is 33.1. The first-order valence-electron chi connectivity index (χ1n) is 15.1. The van der Waals surface area contributed by atoms with Crippen LogP contribution in [-0.2, 0) is 36.9 Å². The number of para-hydroxylation sites is 2. The number of aromatic nitrogens is 1. The number of nitrogens with one attached hydrogen (secondary N) is 5. The molecule has 4 rings (SSSR count). The van der Waals surface area contributed by atoms with E-state index < -0.39 is 47.7 Å². The van der Waals surface area contributed by atoms with Crippen LogP contribution < -0.4 is 21.3 Å². The topological polar surface area (TPSA) is 158 Å². The number of hydrogen-bond acceptors (Lipinski definition) is 6. The number of benzene rings is 3. The largest absolute Gasteiger partial charge is 0.445 e. The summed E-state index contributed by atoms with van der Waals surface area (Å²) in [5.74, 6) is -2.98. The third kappa shape index (κ3) is 9.52. The summed E-state index contributed by atoms with van der Waals surface area (Å²) in [5, 5.41) is 11.4. The third-order valence-electron chi connectivity index (χ3n) is 7.27. The van der Waals surface area contributed by atoms with E-state index >= 15 is 0 Å². The molecule has 1 heterocycles. The molecular weight excluding hydrogens is 586 g/mol. The third-order valence-corrected chi connectivity index (χ3v) is 7.27. The smallest absolute Gasteiger partial charge is 0.408 e. The van der Waals surface area contributed by atoms with Gasteiger partial charge in [0.1, 0.15) is 18.7 Å². The number of carbonyl (C=O) groups is 5. The molecule has 4 aromatic rings. The van der Waals surface area contributed by atoms with E-state index in [0.717, 1.165) is 22.0 Å². The summed E-state index contributed by atoms with van der Waals surface area (Å²) in [5.41, 5.74) is 2.84. The van der Waals surface area contributed by atoms with E-state index in [2.05, 4.69) is 26.3 Å². The molecule has 0 aliphatic heterocycles. The lowest BCUT2D eigenvalue weighted by atomic mass is 9.98. The van der Waals surface area contributed by atoms with Gasteiger partial charge in [-0.1, -0.05) is 80.6 Å². The SMILES string of the molecule is CC(C)C[C@H](NC(=O)[C@H](Cc1c[nH]c2ccccc12)NC(=O)[C@H](C)NC(=O)OCc1ccccc1)C(=O)C(=O)Nc1ccccc1. The molecule has 11 heteroatoms. The van der Waals surface area contributed by atoms with Crippen molar-refractivity contribution in [3.8, 4) is 0 Å². The van der Waals surface area contributed by atoms with Gasteiger partial charge in [-0.05, 0) is 48.6 Å². The van der Waals surface area contributed by atoms with Gasteiger partial charge >= 0.3 is 6.09 Å². The quantitative estimate of drug-likeness (QED) is 0.132. The molecule has 240 valence electrons. The highest BCUT2D eigenvalue weighted by Crippen LogP contribution is 2.20. The summed E-state index contributed by atoms with van der Waals surface area (Å²) in [6.07, 6.45) is 1.23. The fraction of sp³-hybridized carbons (Fsp3) is 0.286. The maximum Gasteiger partial charge on any atom is 0.408 e. The summed E-state index contributed by atoms with van der Waals surface area (Å²) >= 11 is 0.